The molecule has 4 rings (SSSR count). The molecule has 1 amide bonds. The maximum Gasteiger partial charge on any atom is 0.280 e. The minimum atomic E-state index is -0.308. The van der Waals surface area contributed by atoms with Gasteiger partial charge in [-0.3, -0.25) is 19.3 Å². The molecule has 1 aliphatic heterocycles. The molecule has 2 aromatic heterocycles. The number of halogens is 2. The van der Waals surface area contributed by atoms with Crippen LogP contribution in [0.4, 0.5) is 9.52 Å². The number of rotatable bonds is 6. The van der Waals surface area contributed by atoms with E-state index in [9.17, 15) is 9.18 Å². The van der Waals surface area contributed by atoms with E-state index in [1.54, 1.807) is 35.0 Å². The van der Waals surface area contributed by atoms with Crippen molar-refractivity contribution >= 4 is 45.0 Å². The molecule has 0 saturated carbocycles. The highest BCUT2D eigenvalue weighted by molar-refractivity contribution is 7.22. The lowest BCUT2D eigenvalue weighted by Gasteiger charge is -2.27. The monoisotopic (exact) mass is 439 g/mol. The molecule has 0 radical (unpaired) electrons. The van der Waals surface area contributed by atoms with Gasteiger partial charge in [-0.25, -0.2) is 9.37 Å². The molecule has 7 nitrogen and oxygen atoms in total. The van der Waals surface area contributed by atoms with E-state index in [2.05, 4.69) is 15.0 Å². The first-order valence-electron chi connectivity index (χ1n) is 9.28. The van der Waals surface area contributed by atoms with Crippen molar-refractivity contribution in [3.05, 3.63) is 42.0 Å². The SMILES string of the molecule is Cl.Cn1ccc(C(=O)N(CCCN2CCOCC2)c2nc3ccc(F)cc3s2)n1. The van der Waals surface area contributed by atoms with Crippen LogP contribution in [0.15, 0.2) is 30.5 Å². The zero-order chi connectivity index (χ0) is 19.5. The molecule has 1 aromatic carbocycles. The fourth-order valence-electron chi connectivity index (χ4n) is 3.23. The van der Waals surface area contributed by atoms with Crippen molar-refractivity contribution in [1.82, 2.24) is 19.7 Å². The molecule has 10 heteroatoms. The Bertz CT molecular complexity index is 973. The number of ether oxygens (including phenoxy) is 1. The van der Waals surface area contributed by atoms with Gasteiger partial charge in [0, 0.05) is 39.4 Å². The van der Waals surface area contributed by atoms with E-state index >= 15 is 0 Å². The molecule has 1 aliphatic rings. The van der Waals surface area contributed by atoms with Crippen LogP contribution in [0.3, 0.4) is 0 Å². The first-order valence-corrected chi connectivity index (χ1v) is 10.1. The molecule has 0 atom stereocenters. The quantitative estimate of drug-likeness (QED) is 0.591. The zero-order valence-electron chi connectivity index (χ0n) is 16.1. The van der Waals surface area contributed by atoms with Crippen LogP contribution in [0.25, 0.3) is 10.2 Å². The van der Waals surface area contributed by atoms with E-state index in [0.29, 0.717) is 22.9 Å². The Morgan fingerprint density at radius 3 is 2.83 bits per heavy atom. The van der Waals surface area contributed by atoms with Gasteiger partial charge in [0.25, 0.3) is 5.91 Å². The molecule has 3 aromatic rings. The average molecular weight is 440 g/mol. The highest BCUT2D eigenvalue weighted by Gasteiger charge is 2.23. The lowest BCUT2D eigenvalue weighted by molar-refractivity contribution is 0.0376. The van der Waals surface area contributed by atoms with Crippen molar-refractivity contribution in [2.75, 3.05) is 44.3 Å². The van der Waals surface area contributed by atoms with Crippen molar-refractivity contribution in [3.8, 4) is 0 Å². The van der Waals surface area contributed by atoms with E-state index in [-0.39, 0.29) is 24.1 Å². The van der Waals surface area contributed by atoms with Gasteiger partial charge >= 0.3 is 0 Å². The Hall–Kier alpha value is -2.07. The van der Waals surface area contributed by atoms with Crippen LogP contribution in [0.5, 0.6) is 0 Å². The summed E-state index contributed by atoms with van der Waals surface area (Å²) >= 11 is 1.32. The average Bonchev–Trinajstić information content (AvgIpc) is 3.31. The third-order valence-electron chi connectivity index (χ3n) is 4.71. The number of hydrogen-bond donors (Lipinski definition) is 0. The number of anilines is 1. The van der Waals surface area contributed by atoms with Gasteiger partial charge in [0.15, 0.2) is 10.8 Å². The summed E-state index contributed by atoms with van der Waals surface area (Å²) in [5.41, 5.74) is 1.06. The molecular formula is C19H23ClFN5O2S. The molecule has 29 heavy (non-hydrogen) atoms. The topological polar surface area (TPSA) is 63.5 Å². The molecule has 1 saturated heterocycles. The summed E-state index contributed by atoms with van der Waals surface area (Å²) in [7, 11) is 1.78. The van der Waals surface area contributed by atoms with Crippen molar-refractivity contribution in [2.45, 2.75) is 6.42 Å². The summed E-state index contributed by atoms with van der Waals surface area (Å²) in [5, 5.41) is 4.81. The van der Waals surface area contributed by atoms with E-state index in [0.717, 1.165) is 44.0 Å². The predicted octanol–water partition coefficient (Wildman–Crippen LogP) is 2.96. The van der Waals surface area contributed by atoms with Crippen molar-refractivity contribution in [2.24, 2.45) is 7.05 Å². The Balaban J connectivity index is 0.00000240. The summed E-state index contributed by atoms with van der Waals surface area (Å²) in [6, 6.07) is 6.18. The van der Waals surface area contributed by atoms with E-state index in [1.807, 2.05) is 0 Å². The Morgan fingerprint density at radius 1 is 1.31 bits per heavy atom. The number of aryl methyl sites for hydroxylation is 1. The number of fused-ring (bicyclic) bond motifs is 1. The van der Waals surface area contributed by atoms with Gasteiger partial charge in [0.05, 0.1) is 23.4 Å². The minimum absolute atomic E-state index is 0. The van der Waals surface area contributed by atoms with Gasteiger partial charge in [-0.1, -0.05) is 11.3 Å². The van der Waals surface area contributed by atoms with Crippen molar-refractivity contribution < 1.29 is 13.9 Å². The van der Waals surface area contributed by atoms with Gasteiger partial charge in [-0.2, -0.15) is 5.10 Å². The smallest absolute Gasteiger partial charge is 0.280 e. The number of nitrogens with zero attached hydrogens (tertiary/aromatic N) is 5. The van der Waals surface area contributed by atoms with Gasteiger partial charge in [-0.05, 0) is 30.7 Å². The molecule has 3 heterocycles. The normalized spacial score (nSPS) is 14.7. The number of carbonyl (C=O) groups excluding carboxylic acids is 1. The second-order valence-corrected chi connectivity index (χ2v) is 7.76. The summed E-state index contributed by atoms with van der Waals surface area (Å²) in [5.74, 6) is -0.500. The van der Waals surface area contributed by atoms with Gasteiger partial charge in [-0.15, -0.1) is 12.4 Å². The Labute approximate surface area is 178 Å². The fraction of sp³-hybridized carbons (Fsp3) is 0.421. The summed E-state index contributed by atoms with van der Waals surface area (Å²) in [6.07, 6.45) is 2.55. The fourth-order valence-corrected chi connectivity index (χ4v) is 4.25. The molecule has 0 spiro atoms. The van der Waals surface area contributed by atoms with Crippen molar-refractivity contribution in [1.29, 1.82) is 0 Å². The second-order valence-electron chi connectivity index (χ2n) is 6.75. The van der Waals surface area contributed by atoms with Gasteiger partial charge < -0.3 is 4.74 Å². The van der Waals surface area contributed by atoms with Crippen LogP contribution in [-0.2, 0) is 11.8 Å². The number of benzene rings is 1. The number of carbonyl (C=O) groups is 1. The summed E-state index contributed by atoms with van der Waals surface area (Å²) in [6.45, 7) is 4.73. The van der Waals surface area contributed by atoms with Crippen LogP contribution >= 0.6 is 23.7 Å². The minimum Gasteiger partial charge on any atom is -0.379 e. The first kappa shape index (κ1) is 21.6. The summed E-state index contributed by atoms with van der Waals surface area (Å²) < 4.78 is 21.3. The van der Waals surface area contributed by atoms with E-state index in [1.165, 1.54) is 23.5 Å². The van der Waals surface area contributed by atoms with Gasteiger partial charge in [0.2, 0.25) is 0 Å². The number of thiazole rings is 1. The Morgan fingerprint density at radius 2 is 2.10 bits per heavy atom. The molecule has 0 aliphatic carbocycles. The molecule has 0 bridgehead atoms. The highest BCUT2D eigenvalue weighted by Crippen LogP contribution is 2.30. The third-order valence-corrected chi connectivity index (χ3v) is 5.75. The number of amides is 1. The zero-order valence-corrected chi connectivity index (χ0v) is 17.7. The predicted molar refractivity (Wildman–Crippen MR) is 114 cm³/mol. The standard InChI is InChI=1S/C19H22FN5O2S.ClH/c1-23-8-5-16(22-23)18(26)25(7-2-6-24-9-11-27-12-10-24)19-21-15-4-3-14(20)13-17(15)28-19;/h3-5,8,13H,2,6-7,9-12H2,1H3;1H. The summed E-state index contributed by atoms with van der Waals surface area (Å²) in [4.78, 5) is 21.6. The number of hydrogen-bond acceptors (Lipinski definition) is 6. The first-order chi connectivity index (χ1) is 13.6. The highest BCUT2D eigenvalue weighted by atomic mass is 35.5. The van der Waals surface area contributed by atoms with Gasteiger partial charge in [0.1, 0.15) is 5.82 Å². The Kier molecular flexibility index (Phi) is 7.18. The number of morpholine rings is 1. The maximum absolute atomic E-state index is 13.6. The lowest BCUT2D eigenvalue weighted by atomic mass is 10.3. The third kappa shape index (κ3) is 5.11. The lowest BCUT2D eigenvalue weighted by Crippen LogP contribution is -2.39. The van der Waals surface area contributed by atoms with Crippen LogP contribution in [0, 0.1) is 5.82 Å². The molecule has 0 unspecified atom stereocenters. The molecular weight excluding hydrogens is 417 g/mol. The van der Waals surface area contributed by atoms with E-state index in [4.69, 9.17) is 4.74 Å². The maximum atomic E-state index is 13.6. The molecule has 156 valence electrons. The van der Waals surface area contributed by atoms with Crippen LogP contribution in [0.2, 0.25) is 0 Å². The molecule has 0 N–H and O–H groups in total. The largest absolute Gasteiger partial charge is 0.379 e. The molecule has 1 fully saturated rings. The second kappa shape index (κ2) is 9.62. The van der Waals surface area contributed by atoms with Crippen LogP contribution in [0.1, 0.15) is 16.9 Å². The number of aromatic nitrogens is 3. The van der Waals surface area contributed by atoms with Crippen LogP contribution < -0.4 is 4.90 Å². The van der Waals surface area contributed by atoms with E-state index < -0.39 is 0 Å². The van der Waals surface area contributed by atoms with Crippen LogP contribution in [-0.4, -0.2) is 65.0 Å². The van der Waals surface area contributed by atoms with Crippen molar-refractivity contribution in [3.63, 3.8) is 0 Å².